The molecule has 0 heterocycles. The second-order valence-corrected chi connectivity index (χ2v) is 7.66. The molecule has 2 aromatic rings. The molecule has 2 aromatic carbocycles. The third-order valence-electron chi connectivity index (χ3n) is 3.17. The highest BCUT2D eigenvalue weighted by molar-refractivity contribution is 7.92. The molecule has 6 nitrogen and oxygen atoms in total. The minimum atomic E-state index is -3.39. The van der Waals surface area contributed by atoms with Crippen LogP contribution in [0.1, 0.15) is 16.7 Å². The average molecular weight is 394 g/mol. The average Bonchev–Trinajstić information content (AvgIpc) is 2.53. The number of carbonyl (C=O) groups is 1. The third kappa shape index (κ3) is 5.99. The summed E-state index contributed by atoms with van der Waals surface area (Å²) in [6.07, 6.45) is 1.07. The molecule has 0 aliphatic rings. The standard InChI is InChI=1S/C18H16ClNO5S/c1-12-3-7-16(20-26(2,23)24)10-13(12)4-5-14-9-15(19)6-8-17(14)25-11-18(21)22/h3,6-10,20H,11H2,1-2H3,(H,21,22). The van der Waals surface area contributed by atoms with E-state index < -0.39 is 22.6 Å². The highest BCUT2D eigenvalue weighted by Gasteiger charge is 2.06. The van der Waals surface area contributed by atoms with Crippen LogP contribution in [-0.2, 0) is 14.8 Å². The molecular weight excluding hydrogens is 378 g/mol. The van der Waals surface area contributed by atoms with Crippen molar-refractivity contribution in [2.75, 3.05) is 17.6 Å². The van der Waals surface area contributed by atoms with Gasteiger partial charge < -0.3 is 9.84 Å². The fourth-order valence-electron chi connectivity index (χ4n) is 2.03. The van der Waals surface area contributed by atoms with Crippen molar-refractivity contribution in [1.29, 1.82) is 0 Å². The molecule has 0 fully saturated rings. The predicted octanol–water partition coefficient (Wildman–Crippen LogP) is 2.88. The van der Waals surface area contributed by atoms with E-state index in [0.29, 0.717) is 27.6 Å². The summed E-state index contributed by atoms with van der Waals surface area (Å²) in [7, 11) is -3.39. The summed E-state index contributed by atoms with van der Waals surface area (Å²) in [5, 5.41) is 9.18. The lowest BCUT2D eigenvalue weighted by atomic mass is 10.1. The van der Waals surface area contributed by atoms with E-state index in [-0.39, 0.29) is 0 Å². The number of hydrogen-bond donors (Lipinski definition) is 2. The Morgan fingerprint density at radius 3 is 2.54 bits per heavy atom. The number of rotatable bonds is 5. The minimum absolute atomic E-state index is 0.298. The maximum absolute atomic E-state index is 11.4. The molecule has 0 unspecified atom stereocenters. The lowest BCUT2D eigenvalue weighted by Crippen LogP contribution is -2.10. The van der Waals surface area contributed by atoms with Crippen LogP contribution in [0.5, 0.6) is 5.75 Å². The van der Waals surface area contributed by atoms with Gasteiger partial charge in [-0.1, -0.05) is 29.5 Å². The van der Waals surface area contributed by atoms with E-state index in [2.05, 4.69) is 16.6 Å². The summed E-state index contributed by atoms with van der Waals surface area (Å²) >= 11 is 5.97. The molecule has 0 aromatic heterocycles. The topological polar surface area (TPSA) is 92.7 Å². The number of sulfonamides is 1. The molecule has 0 atom stereocenters. The molecule has 0 amide bonds. The van der Waals surface area contributed by atoms with Gasteiger partial charge in [0.2, 0.25) is 10.0 Å². The van der Waals surface area contributed by atoms with Crippen LogP contribution < -0.4 is 9.46 Å². The van der Waals surface area contributed by atoms with Crippen molar-refractivity contribution in [2.45, 2.75) is 6.92 Å². The lowest BCUT2D eigenvalue weighted by Gasteiger charge is -2.07. The largest absolute Gasteiger partial charge is 0.481 e. The first-order chi connectivity index (χ1) is 12.1. The van der Waals surface area contributed by atoms with Crippen LogP contribution in [-0.4, -0.2) is 32.4 Å². The molecule has 0 radical (unpaired) electrons. The molecule has 2 rings (SSSR count). The Morgan fingerprint density at radius 2 is 1.88 bits per heavy atom. The summed E-state index contributed by atoms with van der Waals surface area (Å²) in [4.78, 5) is 10.7. The molecular formula is C18H16ClNO5S. The van der Waals surface area contributed by atoms with Crippen LogP contribution in [0.4, 0.5) is 5.69 Å². The van der Waals surface area contributed by atoms with Crippen LogP contribution in [0.25, 0.3) is 0 Å². The van der Waals surface area contributed by atoms with Crippen LogP contribution in [0.3, 0.4) is 0 Å². The van der Waals surface area contributed by atoms with Crippen molar-refractivity contribution in [3.63, 3.8) is 0 Å². The maximum atomic E-state index is 11.4. The van der Waals surface area contributed by atoms with Gasteiger partial charge in [-0.25, -0.2) is 13.2 Å². The molecule has 0 spiro atoms. The molecule has 26 heavy (non-hydrogen) atoms. The van der Waals surface area contributed by atoms with Crippen LogP contribution in [0, 0.1) is 18.8 Å². The Hall–Kier alpha value is -2.69. The highest BCUT2D eigenvalue weighted by atomic mass is 35.5. The summed E-state index contributed by atoms with van der Waals surface area (Å²) in [6, 6.07) is 9.70. The smallest absolute Gasteiger partial charge is 0.341 e. The van der Waals surface area contributed by atoms with E-state index in [0.717, 1.165) is 11.8 Å². The van der Waals surface area contributed by atoms with Crippen molar-refractivity contribution >= 4 is 33.3 Å². The van der Waals surface area contributed by atoms with Gasteiger partial charge >= 0.3 is 5.97 Å². The fraction of sp³-hybridized carbons (Fsp3) is 0.167. The van der Waals surface area contributed by atoms with Gasteiger partial charge in [0, 0.05) is 16.3 Å². The number of ether oxygens (including phenoxy) is 1. The summed E-state index contributed by atoms with van der Waals surface area (Å²) in [6.45, 7) is 1.34. The zero-order valence-electron chi connectivity index (χ0n) is 14.0. The number of carboxylic acid groups (broad SMARTS) is 1. The number of hydrogen-bond acceptors (Lipinski definition) is 4. The number of carboxylic acids is 1. The Kier molecular flexibility index (Phi) is 6.14. The molecule has 0 aliphatic heterocycles. The molecule has 136 valence electrons. The second kappa shape index (κ2) is 8.13. The van der Waals surface area contributed by atoms with E-state index >= 15 is 0 Å². The Labute approximate surface area is 156 Å². The lowest BCUT2D eigenvalue weighted by molar-refractivity contribution is -0.139. The number of halogens is 1. The molecule has 0 aliphatic carbocycles. The normalized spacial score (nSPS) is 10.6. The number of aliphatic carboxylic acids is 1. The molecule has 2 N–H and O–H groups in total. The Morgan fingerprint density at radius 1 is 1.19 bits per heavy atom. The van der Waals surface area contributed by atoms with Crippen molar-refractivity contribution in [3.05, 3.63) is 58.1 Å². The van der Waals surface area contributed by atoms with Crippen LogP contribution in [0.2, 0.25) is 5.02 Å². The SMILES string of the molecule is Cc1ccc(NS(C)(=O)=O)cc1C#Cc1cc(Cl)ccc1OCC(=O)O. The van der Waals surface area contributed by atoms with Gasteiger partial charge in [-0.3, -0.25) is 4.72 Å². The van der Waals surface area contributed by atoms with Crippen LogP contribution >= 0.6 is 11.6 Å². The van der Waals surface area contributed by atoms with Crippen molar-refractivity contribution < 1.29 is 23.1 Å². The first-order valence-corrected chi connectivity index (χ1v) is 9.65. The second-order valence-electron chi connectivity index (χ2n) is 5.48. The maximum Gasteiger partial charge on any atom is 0.341 e. The van der Waals surface area contributed by atoms with Gasteiger partial charge in [-0.15, -0.1) is 0 Å². The zero-order chi connectivity index (χ0) is 19.3. The Bertz CT molecular complexity index is 1010. The quantitative estimate of drug-likeness (QED) is 0.762. The van der Waals surface area contributed by atoms with E-state index in [1.807, 2.05) is 6.92 Å². The van der Waals surface area contributed by atoms with Gasteiger partial charge in [0.1, 0.15) is 5.75 Å². The van der Waals surface area contributed by atoms with Crippen LogP contribution in [0.15, 0.2) is 36.4 Å². The van der Waals surface area contributed by atoms with E-state index in [1.165, 1.54) is 0 Å². The molecule has 8 heteroatoms. The van der Waals surface area contributed by atoms with Crippen molar-refractivity contribution in [3.8, 4) is 17.6 Å². The summed E-state index contributed by atoms with van der Waals surface area (Å²) in [5.74, 6) is 5.03. The third-order valence-corrected chi connectivity index (χ3v) is 4.01. The Balaban J connectivity index is 2.38. The predicted molar refractivity (Wildman–Crippen MR) is 100 cm³/mol. The first-order valence-electron chi connectivity index (χ1n) is 7.38. The number of anilines is 1. The molecule has 0 bridgehead atoms. The number of aryl methyl sites for hydroxylation is 1. The summed E-state index contributed by atoms with van der Waals surface area (Å²) < 4.78 is 30.3. The fourth-order valence-corrected chi connectivity index (χ4v) is 2.76. The first kappa shape index (κ1) is 19.6. The van der Waals surface area contributed by atoms with Gasteiger partial charge in [-0.05, 0) is 42.8 Å². The number of benzene rings is 2. The monoisotopic (exact) mass is 393 g/mol. The molecule has 0 saturated carbocycles. The zero-order valence-corrected chi connectivity index (χ0v) is 15.6. The van der Waals surface area contributed by atoms with Gasteiger partial charge in [-0.2, -0.15) is 0 Å². The molecule has 0 saturated heterocycles. The van der Waals surface area contributed by atoms with E-state index in [4.69, 9.17) is 21.4 Å². The highest BCUT2D eigenvalue weighted by Crippen LogP contribution is 2.23. The summed E-state index contributed by atoms with van der Waals surface area (Å²) in [5.41, 5.74) is 2.30. The van der Waals surface area contributed by atoms with Gasteiger partial charge in [0.05, 0.1) is 11.8 Å². The van der Waals surface area contributed by atoms with Gasteiger partial charge in [0.15, 0.2) is 6.61 Å². The van der Waals surface area contributed by atoms with Crippen molar-refractivity contribution in [1.82, 2.24) is 0 Å². The number of nitrogens with one attached hydrogen (secondary N) is 1. The minimum Gasteiger partial charge on any atom is -0.481 e. The van der Waals surface area contributed by atoms with Gasteiger partial charge in [0.25, 0.3) is 0 Å². The van der Waals surface area contributed by atoms with E-state index in [1.54, 1.807) is 36.4 Å². The van der Waals surface area contributed by atoms with Crippen molar-refractivity contribution in [2.24, 2.45) is 0 Å². The van der Waals surface area contributed by atoms with E-state index in [9.17, 15) is 13.2 Å².